The van der Waals surface area contributed by atoms with E-state index in [1.54, 1.807) is 0 Å². The van der Waals surface area contributed by atoms with Gasteiger partial charge >= 0.3 is 17.9 Å². The van der Waals surface area contributed by atoms with E-state index in [-0.39, 0.29) is 37.5 Å². The van der Waals surface area contributed by atoms with Crippen LogP contribution in [0.4, 0.5) is 0 Å². The van der Waals surface area contributed by atoms with Crippen LogP contribution in [0.5, 0.6) is 0 Å². The molecular formula is C65H110O6. The van der Waals surface area contributed by atoms with Crippen molar-refractivity contribution in [1.29, 1.82) is 0 Å². The fourth-order valence-electron chi connectivity index (χ4n) is 8.02. The number of carbonyl (C=O) groups is 3. The van der Waals surface area contributed by atoms with Gasteiger partial charge < -0.3 is 14.2 Å². The minimum atomic E-state index is -0.807. The first-order valence-corrected chi connectivity index (χ1v) is 29.7. The fourth-order valence-corrected chi connectivity index (χ4v) is 8.02. The minimum Gasteiger partial charge on any atom is -0.462 e. The van der Waals surface area contributed by atoms with Gasteiger partial charge in [0.05, 0.1) is 0 Å². The molecule has 71 heavy (non-hydrogen) atoms. The molecule has 406 valence electrons. The zero-order chi connectivity index (χ0) is 51.4. The molecule has 0 amide bonds. The number of rotatable bonds is 53. The van der Waals surface area contributed by atoms with Gasteiger partial charge in [0.25, 0.3) is 0 Å². The Morgan fingerprint density at radius 1 is 0.282 bits per heavy atom. The van der Waals surface area contributed by atoms with Crippen molar-refractivity contribution in [3.63, 3.8) is 0 Å². The highest BCUT2D eigenvalue weighted by Gasteiger charge is 2.19. The van der Waals surface area contributed by atoms with Crippen molar-refractivity contribution < 1.29 is 28.6 Å². The number of ether oxygens (including phenoxy) is 3. The Morgan fingerprint density at radius 2 is 0.521 bits per heavy atom. The Bertz CT molecular complexity index is 1410. The molecule has 0 aromatic carbocycles. The quantitative estimate of drug-likeness (QED) is 0.0261. The standard InChI is InChI=1S/C65H110O6/c1-4-7-10-13-16-19-22-25-28-31-32-35-37-40-43-46-49-52-55-58-64(67)70-61-62(71-65(68)59-56-53-50-47-44-41-38-34-30-27-24-21-18-15-12-9-6-3)60-69-63(66)57-54-51-48-45-42-39-36-33-29-26-23-20-17-14-11-8-5-2/h16-21,25-30,36,39,45,48,62H,4-15,22-24,31-35,37-38,40-44,46-47,49-61H2,1-3H3/b19-16-,20-17-,21-18-,28-25-,29-26-,30-27-,39-36-,48-45-/t62-/m0/s1. The normalized spacial score (nSPS) is 12.8. The second kappa shape index (κ2) is 58.9. The van der Waals surface area contributed by atoms with Gasteiger partial charge in [-0.2, -0.15) is 0 Å². The summed E-state index contributed by atoms with van der Waals surface area (Å²) >= 11 is 0. The molecule has 0 saturated heterocycles. The zero-order valence-electron chi connectivity index (χ0n) is 46.5. The highest BCUT2D eigenvalue weighted by Crippen LogP contribution is 2.15. The third-order valence-electron chi connectivity index (χ3n) is 12.5. The van der Waals surface area contributed by atoms with Crippen LogP contribution < -0.4 is 0 Å². The second-order valence-electron chi connectivity index (χ2n) is 19.5. The van der Waals surface area contributed by atoms with E-state index in [1.807, 2.05) is 0 Å². The molecule has 0 bridgehead atoms. The van der Waals surface area contributed by atoms with Crippen molar-refractivity contribution in [3.05, 3.63) is 97.2 Å². The summed E-state index contributed by atoms with van der Waals surface area (Å²) in [7, 11) is 0. The van der Waals surface area contributed by atoms with Crippen LogP contribution >= 0.6 is 0 Å². The largest absolute Gasteiger partial charge is 0.462 e. The summed E-state index contributed by atoms with van der Waals surface area (Å²) in [6.45, 7) is 6.52. The molecule has 0 unspecified atom stereocenters. The molecule has 0 aliphatic heterocycles. The van der Waals surface area contributed by atoms with Gasteiger partial charge in [0, 0.05) is 19.3 Å². The van der Waals surface area contributed by atoms with Gasteiger partial charge in [0.1, 0.15) is 13.2 Å². The summed E-state index contributed by atoms with van der Waals surface area (Å²) in [4.78, 5) is 38.2. The molecule has 0 aliphatic rings. The third-order valence-corrected chi connectivity index (χ3v) is 12.5. The minimum absolute atomic E-state index is 0.100. The molecule has 6 nitrogen and oxygen atoms in total. The molecule has 1 atom stereocenters. The lowest BCUT2D eigenvalue weighted by molar-refractivity contribution is -0.167. The van der Waals surface area contributed by atoms with Crippen LogP contribution in [0.1, 0.15) is 278 Å². The van der Waals surface area contributed by atoms with Crippen LogP contribution in [0.15, 0.2) is 97.2 Å². The third kappa shape index (κ3) is 57.1. The van der Waals surface area contributed by atoms with E-state index in [0.717, 1.165) is 83.5 Å². The van der Waals surface area contributed by atoms with Crippen LogP contribution in [-0.4, -0.2) is 37.2 Å². The molecule has 0 aromatic heterocycles. The Balaban J connectivity index is 4.48. The van der Waals surface area contributed by atoms with Crippen molar-refractivity contribution in [2.24, 2.45) is 0 Å². The molecule has 0 heterocycles. The maximum atomic E-state index is 12.9. The SMILES string of the molecule is CCCCC/C=C\C/C=C\C/C=C\C/C=C\CCCC(=O)OC[C@@H](COC(=O)CCCCCCCCCCC/C=C\C/C=C\CCCCC)OC(=O)CCCCCCCCC/C=C\C/C=C\CCCCC. The number of hydrogen-bond donors (Lipinski definition) is 0. The topological polar surface area (TPSA) is 78.9 Å². The predicted molar refractivity (Wildman–Crippen MR) is 307 cm³/mol. The van der Waals surface area contributed by atoms with Gasteiger partial charge in [-0.15, -0.1) is 0 Å². The smallest absolute Gasteiger partial charge is 0.306 e. The molecule has 0 saturated carbocycles. The number of carbonyl (C=O) groups excluding carboxylic acids is 3. The summed E-state index contributed by atoms with van der Waals surface area (Å²) in [5, 5.41) is 0. The average molecular weight is 988 g/mol. The molecule has 0 radical (unpaired) electrons. The van der Waals surface area contributed by atoms with E-state index in [2.05, 4.69) is 118 Å². The monoisotopic (exact) mass is 987 g/mol. The van der Waals surface area contributed by atoms with Crippen molar-refractivity contribution in [2.75, 3.05) is 13.2 Å². The predicted octanol–water partition coefficient (Wildman–Crippen LogP) is 20.1. The lowest BCUT2D eigenvalue weighted by atomic mass is 10.1. The molecule has 0 spiro atoms. The van der Waals surface area contributed by atoms with Gasteiger partial charge in [-0.3, -0.25) is 14.4 Å². The molecule has 0 aromatic rings. The number of unbranched alkanes of at least 4 members (excludes halogenated alkanes) is 26. The van der Waals surface area contributed by atoms with E-state index >= 15 is 0 Å². The zero-order valence-corrected chi connectivity index (χ0v) is 46.5. The Labute approximate surface area is 438 Å². The van der Waals surface area contributed by atoms with E-state index in [4.69, 9.17) is 14.2 Å². The molecular weight excluding hydrogens is 877 g/mol. The van der Waals surface area contributed by atoms with Crippen LogP contribution in [-0.2, 0) is 28.6 Å². The maximum Gasteiger partial charge on any atom is 0.306 e. The van der Waals surface area contributed by atoms with Crippen LogP contribution in [0.2, 0.25) is 0 Å². The van der Waals surface area contributed by atoms with E-state index in [1.165, 1.54) is 148 Å². The maximum absolute atomic E-state index is 12.9. The van der Waals surface area contributed by atoms with Crippen molar-refractivity contribution in [1.82, 2.24) is 0 Å². The highest BCUT2D eigenvalue weighted by atomic mass is 16.6. The molecule has 6 heteroatoms. The van der Waals surface area contributed by atoms with Gasteiger partial charge in [-0.1, -0.05) is 234 Å². The van der Waals surface area contributed by atoms with Crippen LogP contribution in [0.25, 0.3) is 0 Å². The Morgan fingerprint density at radius 3 is 0.845 bits per heavy atom. The summed E-state index contributed by atoms with van der Waals surface area (Å²) < 4.78 is 16.8. The Hall–Kier alpha value is -3.67. The van der Waals surface area contributed by atoms with Crippen LogP contribution in [0, 0.1) is 0 Å². The molecule has 0 rings (SSSR count). The second-order valence-corrected chi connectivity index (χ2v) is 19.5. The van der Waals surface area contributed by atoms with Gasteiger partial charge in [-0.05, 0) is 122 Å². The first-order valence-electron chi connectivity index (χ1n) is 29.7. The lowest BCUT2D eigenvalue weighted by Crippen LogP contribution is -2.30. The summed E-state index contributed by atoms with van der Waals surface area (Å²) in [6, 6.07) is 0. The number of hydrogen-bond acceptors (Lipinski definition) is 6. The van der Waals surface area contributed by atoms with Crippen LogP contribution in [0.3, 0.4) is 0 Å². The Kier molecular flexibility index (Phi) is 55.9. The van der Waals surface area contributed by atoms with Gasteiger partial charge in [-0.25, -0.2) is 0 Å². The van der Waals surface area contributed by atoms with Gasteiger partial charge in [0.15, 0.2) is 6.10 Å². The lowest BCUT2D eigenvalue weighted by Gasteiger charge is -2.18. The van der Waals surface area contributed by atoms with E-state index in [0.29, 0.717) is 19.3 Å². The number of esters is 3. The first-order chi connectivity index (χ1) is 35.0. The van der Waals surface area contributed by atoms with E-state index < -0.39 is 6.10 Å². The molecule has 0 fully saturated rings. The van der Waals surface area contributed by atoms with Gasteiger partial charge in [0.2, 0.25) is 0 Å². The fraction of sp³-hybridized carbons (Fsp3) is 0.708. The molecule has 0 N–H and O–H groups in total. The highest BCUT2D eigenvalue weighted by molar-refractivity contribution is 5.71. The summed E-state index contributed by atoms with van der Waals surface area (Å²) in [6.07, 6.45) is 78.2. The first kappa shape index (κ1) is 67.3. The van der Waals surface area contributed by atoms with Crippen molar-refractivity contribution in [3.8, 4) is 0 Å². The summed E-state index contributed by atoms with van der Waals surface area (Å²) in [5.74, 6) is -0.966. The average Bonchev–Trinajstić information content (AvgIpc) is 3.37. The van der Waals surface area contributed by atoms with Crippen molar-refractivity contribution in [2.45, 2.75) is 284 Å². The number of allylic oxidation sites excluding steroid dienone is 16. The van der Waals surface area contributed by atoms with Crippen molar-refractivity contribution >= 4 is 17.9 Å². The summed E-state index contributed by atoms with van der Waals surface area (Å²) in [5.41, 5.74) is 0. The van der Waals surface area contributed by atoms with E-state index in [9.17, 15) is 14.4 Å². The molecule has 0 aliphatic carbocycles.